The van der Waals surface area contributed by atoms with Gasteiger partial charge in [0, 0.05) is 46.0 Å². The molecule has 0 saturated carbocycles. The van der Waals surface area contributed by atoms with Crippen molar-refractivity contribution in [3.63, 3.8) is 0 Å². The van der Waals surface area contributed by atoms with Gasteiger partial charge in [-0.25, -0.2) is 0 Å². The van der Waals surface area contributed by atoms with Gasteiger partial charge < -0.3 is 9.80 Å². The van der Waals surface area contributed by atoms with Crippen molar-refractivity contribution in [1.29, 1.82) is 0 Å². The smallest absolute Gasteiger partial charge is 0.0467 e. The quantitative estimate of drug-likeness (QED) is 0.145. The van der Waals surface area contributed by atoms with Gasteiger partial charge in [-0.2, -0.15) is 0 Å². The second-order valence-electron chi connectivity index (χ2n) is 15.0. The average Bonchev–Trinajstić information content (AvgIpc) is 3.26. The highest BCUT2D eigenvalue weighted by atomic mass is 15.2. The van der Waals surface area contributed by atoms with Crippen molar-refractivity contribution >= 4 is 56.4 Å². The number of nitrogens with zero attached hydrogens (tertiary/aromatic N) is 2. The molecular weight excluding hydrogens is 677 g/mol. The molecule has 0 aromatic heterocycles. The Morgan fingerprint density at radius 2 is 0.821 bits per heavy atom. The van der Waals surface area contributed by atoms with Crippen LogP contribution in [0.5, 0.6) is 0 Å². The van der Waals surface area contributed by atoms with Crippen LogP contribution in [0.4, 0.5) is 22.7 Å². The summed E-state index contributed by atoms with van der Waals surface area (Å²) in [4.78, 5) is 4.79. The van der Waals surface area contributed by atoms with Crippen LogP contribution in [-0.2, 0) is 0 Å². The maximum Gasteiger partial charge on any atom is 0.0467 e. The molecule has 0 fully saturated rings. The number of rotatable bonds is 8. The first-order valence-corrected chi connectivity index (χ1v) is 19.7. The van der Waals surface area contributed by atoms with Crippen LogP contribution in [0.2, 0.25) is 0 Å². The Balaban J connectivity index is 0.929. The molecule has 0 radical (unpaired) electrons. The molecule has 0 aliphatic heterocycles. The predicted octanol–water partition coefficient (Wildman–Crippen LogP) is 14.4. The summed E-state index contributed by atoms with van der Waals surface area (Å²) in [7, 11) is 0. The third kappa shape index (κ3) is 6.71. The predicted molar refractivity (Wildman–Crippen MR) is 239 cm³/mol. The van der Waals surface area contributed by atoms with Crippen molar-refractivity contribution in [2.45, 2.75) is 12.8 Å². The molecule has 2 heteroatoms. The fourth-order valence-electron chi connectivity index (χ4n) is 8.39. The van der Waals surface area contributed by atoms with Crippen LogP contribution >= 0.6 is 0 Å². The third-order valence-electron chi connectivity index (χ3n) is 11.4. The van der Waals surface area contributed by atoms with E-state index < -0.39 is 0 Å². The molecule has 56 heavy (non-hydrogen) atoms. The number of anilines is 4. The first-order valence-electron chi connectivity index (χ1n) is 19.7. The van der Waals surface area contributed by atoms with E-state index in [0.29, 0.717) is 11.8 Å². The van der Waals surface area contributed by atoms with Gasteiger partial charge in [-0.3, -0.25) is 0 Å². The molecule has 6 aromatic rings. The van der Waals surface area contributed by atoms with Crippen molar-refractivity contribution in [2.24, 2.45) is 11.8 Å². The highest BCUT2D eigenvalue weighted by Gasteiger charge is 2.23. The molecule has 4 aliphatic rings. The molecule has 0 saturated heterocycles. The van der Waals surface area contributed by atoms with Crippen LogP contribution in [0.15, 0.2) is 229 Å². The summed E-state index contributed by atoms with van der Waals surface area (Å²) in [5.41, 5.74) is 12.1. The number of fused-ring (bicyclic) bond motifs is 4. The Kier molecular flexibility index (Phi) is 8.85. The first-order chi connectivity index (χ1) is 27.7. The third-order valence-corrected chi connectivity index (χ3v) is 11.4. The van der Waals surface area contributed by atoms with Crippen LogP contribution in [0.3, 0.4) is 0 Å². The van der Waals surface area contributed by atoms with Gasteiger partial charge in [0.05, 0.1) is 0 Å². The van der Waals surface area contributed by atoms with Crippen molar-refractivity contribution in [3.8, 4) is 0 Å². The van der Waals surface area contributed by atoms with Crippen LogP contribution in [0.25, 0.3) is 33.7 Å². The average molecular weight is 719 g/mol. The van der Waals surface area contributed by atoms with E-state index in [9.17, 15) is 0 Å². The highest BCUT2D eigenvalue weighted by molar-refractivity contribution is 5.89. The molecule has 268 valence electrons. The Labute approximate surface area is 329 Å². The molecule has 0 N–H and O–H groups in total. The number of hydrogen-bond acceptors (Lipinski definition) is 2. The zero-order valence-electron chi connectivity index (χ0n) is 31.2. The molecular formula is C54H42N2. The molecule has 2 unspecified atom stereocenters. The van der Waals surface area contributed by atoms with Gasteiger partial charge in [0.25, 0.3) is 0 Å². The zero-order chi connectivity index (χ0) is 37.3. The van der Waals surface area contributed by atoms with Gasteiger partial charge in [0.2, 0.25) is 0 Å². The van der Waals surface area contributed by atoms with E-state index in [1.54, 1.807) is 0 Å². The lowest BCUT2D eigenvalue weighted by atomic mass is 9.87. The van der Waals surface area contributed by atoms with Gasteiger partial charge in [-0.15, -0.1) is 0 Å². The van der Waals surface area contributed by atoms with Gasteiger partial charge in [0.1, 0.15) is 0 Å². The SMILES string of the molecule is C1=CC2=CC(N(c3ccc(/C=C/c4ccc(N(C5=CCC6C=CC=CC6=C5)c5ccc6ccccc6c5)cc4)cc3)c3ccc4ccccc4c3)=CCC2C=C1. The molecule has 2 nitrogen and oxygen atoms in total. The second kappa shape index (κ2) is 14.7. The molecule has 0 heterocycles. The van der Waals surface area contributed by atoms with E-state index in [1.807, 2.05) is 0 Å². The zero-order valence-corrected chi connectivity index (χ0v) is 31.2. The number of hydrogen-bond donors (Lipinski definition) is 0. The summed E-state index contributed by atoms with van der Waals surface area (Å²) in [6, 6.07) is 48.6. The van der Waals surface area contributed by atoms with Crippen LogP contribution in [0, 0.1) is 11.8 Å². The Morgan fingerprint density at radius 1 is 0.411 bits per heavy atom. The fourth-order valence-corrected chi connectivity index (χ4v) is 8.39. The molecule has 10 rings (SSSR count). The number of allylic oxidation sites excluding steroid dienone is 14. The van der Waals surface area contributed by atoms with Crippen molar-refractivity contribution < 1.29 is 0 Å². The molecule has 4 aliphatic carbocycles. The van der Waals surface area contributed by atoms with E-state index in [-0.39, 0.29) is 0 Å². The molecule has 6 aromatic carbocycles. The van der Waals surface area contributed by atoms with Crippen molar-refractivity contribution in [2.75, 3.05) is 9.80 Å². The topological polar surface area (TPSA) is 6.48 Å². The minimum absolute atomic E-state index is 0.451. The minimum atomic E-state index is 0.451. The van der Waals surface area contributed by atoms with Gasteiger partial charge in [0.15, 0.2) is 0 Å². The first kappa shape index (κ1) is 33.7. The van der Waals surface area contributed by atoms with E-state index in [4.69, 9.17) is 0 Å². The monoisotopic (exact) mass is 718 g/mol. The van der Waals surface area contributed by atoms with Crippen molar-refractivity contribution in [1.82, 2.24) is 0 Å². The van der Waals surface area contributed by atoms with E-state index in [0.717, 1.165) is 46.7 Å². The summed E-state index contributed by atoms with van der Waals surface area (Å²) in [5, 5.41) is 4.98. The summed E-state index contributed by atoms with van der Waals surface area (Å²) >= 11 is 0. The lowest BCUT2D eigenvalue weighted by Gasteiger charge is -2.31. The molecule has 0 bridgehead atoms. The normalized spacial score (nSPS) is 18.3. The Hall–Kier alpha value is -6.90. The maximum absolute atomic E-state index is 2.40. The van der Waals surface area contributed by atoms with Crippen molar-refractivity contribution in [3.05, 3.63) is 240 Å². The Bertz CT molecular complexity index is 2550. The minimum Gasteiger partial charge on any atom is -0.311 e. The fraction of sp³-hybridized carbons (Fsp3) is 0.0741. The van der Waals surface area contributed by atoms with Gasteiger partial charge in [-0.1, -0.05) is 158 Å². The lowest BCUT2D eigenvalue weighted by molar-refractivity contribution is 0.768. The summed E-state index contributed by atoms with van der Waals surface area (Å²) in [5.74, 6) is 0.901. The van der Waals surface area contributed by atoms with Gasteiger partial charge in [-0.05, 0) is 117 Å². The standard InChI is InChI=1S/C54H42N2/c1-5-13-45-35-51(31-23-41(45)9-1)55(52-32-24-42-10-2-6-14-46(42)36-52)49-27-19-39(20-28-49)17-18-40-21-29-50(30-22-40)56(53-33-25-43-11-3-7-15-47(43)37-53)54-34-26-44-12-4-8-16-48(44)38-54/h1-23,25,27-38,42,44H,24,26H2/b18-17+. The summed E-state index contributed by atoms with van der Waals surface area (Å²) < 4.78 is 0. The van der Waals surface area contributed by atoms with E-state index in [2.05, 4.69) is 228 Å². The summed E-state index contributed by atoms with van der Waals surface area (Å²) in [6.45, 7) is 0. The summed E-state index contributed by atoms with van der Waals surface area (Å²) in [6.07, 6.45) is 33.6. The maximum atomic E-state index is 2.40. The largest absolute Gasteiger partial charge is 0.311 e. The van der Waals surface area contributed by atoms with Gasteiger partial charge >= 0.3 is 0 Å². The van der Waals surface area contributed by atoms with Crippen LogP contribution < -0.4 is 9.80 Å². The van der Waals surface area contributed by atoms with Crippen LogP contribution in [-0.4, -0.2) is 0 Å². The molecule has 2 atom stereocenters. The van der Waals surface area contributed by atoms with E-state index >= 15 is 0 Å². The molecule has 0 spiro atoms. The lowest BCUT2D eigenvalue weighted by Crippen LogP contribution is -2.19. The highest BCUT2D eigenvalue weighted by Crippen LogP contribution is 2.40. The second-order valence-corrected chi connectivity index (χ2v) is 15.0. The van der Waals surface area contributed by atoms with Crippen LogP contribution in [0.1, 0.15) is 24.0 Å². The Morgan fingerprint density at radius 3 is 1.27 bits per heavy atom. The number of benzene rings is 6. The van der Waals surface area contributed by atoms with E-state index in [1.165, 1.54) is 44.1 Å². The molecule has 0 amide bonds.